The van der Waals surface area contributed by atoms with Gasteiger partial charge >= 0.3 is 5.97 Å². The molecule has 3 N–H and O–H groups in total. The Bertz CT molecular complexity index is 1000. The van der Waals surface area contributed by atoms with E-state index in [1.54, 1.807) is 18.2 Å². The fourth-order valence-electron chi connectivity index (χ4n) is 3.92. The van der Waals surface area contributed by atoms with Crippen molar-refractivity contribution in [1.82, 2.24) is 0 Å². The standard InChI is InChI=1S/C26H31FO7/c1-16(2)22-15-23(32-11-9-28)26(33-12-10-29)25(17-3-5-18(27)6-4-17)21(22)8-7-20-13-19(30)14-24(31)34-20/h3-8,15-16,19-20,28-30H,9-14H2,1-2H3/b8-7+/t19-,20-/m0/s1. The maximum Gasteiger partial charge on any atom is 0.309 e. The second kappa shape index (κ2) is 12.0. The van der Waals surface area contributed by atoms with Gasteiger partial charge in [-0.1, -0.05) is 32.1 Å². The first-order valence-corrected chi connectivity index (χ1v) is 11.3. The highest BCUT2D eigenvalue weighted by Gasteiger charge is 2.26. The minimum Gasteiger partial charge on any atom is -0.487 e. The number of cyclic esters (lactones) is 1. The molecule has 0 radical (unpaired) electrons. The number of benzene rings is 2. The zero-order chi connectivity index (χ0) is 24.7. The van der Waals surface area contributed by atoms with E-state index in [1.807, 2.05) is 26.0 Å². The number of halogens is 1. The molecule has 0 amide bonds. The summed E-state index contributed by atoms with van der Waals surface area (Å²) < 4.78 is 30.8. The van der Waals surface area contributed by atoms with Crippen molar-refractivity contribution < 1.29 is 38.7 Å². The van der Waals surface area contributed by atoms with Gasteiger partial charge in [0, 0.05) is 12.0 Å². The zero-order valence-electron chi connectivity index (χ0n) is 19.4. The van der Waals surface area contributed by atoms with Crippen LogP contribution in [0.1, 0.15) is 43.7 Å². The molecular weight excluding hydrogens is 443 g/mol. The molecule has 1 aliphatic heterocycles. The van der Waals surface area contributed by atoms with Crippen LogP contribution in [0.5, 0.6) is 11.5 Å². The largest absolute Gasteiger partial charge is 0.487 e. The van der Waals surface area contributed by atoms with Crippen molar-refractivity contribution in [3.8, 4) is 22.6 Å². The lowest BCUT2D eigenvalue weighted by atomic mass is 9.88. The molecule has 0 saturated carbocycles. The van der Waals surface area contributed by atoms with Crippen LogP contribution in [-0.2, 0) is 9.53 Å². The van der Waals surface area contributed by atoms with E-state index in [2.05, 4.69) is 0 Å². The SMILES string of the molecule is CC(C)c1cc(OCCO)c(OCCO)c(-c2ccc(F)cc2)c1/C=C/[C@H]1C[C@H](O)CC(=O)O1. The molecule has 1 aliphatic rings. The molecule has 7 nitrogen and oxygen atoms in total. The third kappa shape index (κ3) is 6.34. The van der Waals surface area contributed by atoms with Crippen LogP contribution in [0, 0.1) is 5.82 Å². The van der Waals surface area contributed by atoms with Gasteiger partial charge in [-0.3, -0.25) is 4.79 Å². The molecule has 2 aromatic rings. The molecule has 8 heteroatoms. The Morgan fingerprint density at radius 1 is 1.15 bits per heavy atom. The average molecular weight is 475 g/mol. The van der Waals surface area contributed by atoms with Gasteiger partial charge in [-0.05, 0) is 46.9 Å². The van der Waals surface area contributed by atoms with E-state index in [9.17, 15) is 24.5 Å². The van der Waals surface area contributed by atoms with E-state index in [4.69, 9.17) is 14.2 Å². The highest BCUT2D eigenvalue weighted by atomic mass is 19.1. The summed E-state index contributed by atoms with van der Waals surface area (Å²) in [5.74, 6) is -0.0720. The smallest absolute Gasteiger partial charge is 0.309 e. The van der Waals surface area contributed by atoms with Crippen molar-refractivity contribution in [2.45, 2.75) is 44.8 Å². The summed E-state index contributed by atoms with van der Waals surface area (Å²) in [4.78, 5) is 11.8. The quantitative estimate of drug-likeness (QED) is 0.453. The monoisotopic (exact) mass is 474 g/mol. The summed E-state index contributed by atoms with van der Waals surface area (Å²) in [6.45, 7) is 3.64. The Morgan fingerprint density at radius 3 is 2.44 bits per heavy atom. The lowest BCUT2D eigenvalue weighted by Crippen LogP contribution is -2.31. The maximum absolute atomic E-state index is 13.7. The molecule has 34 heavy (non-hydrogen) atoms. The molecule has 0 bridgehead atoms. The number of carbonyl (C=O) groups excluding carboxylic acids is 1. The Morgan fingerprint density at radius 2 is 1.82 bits per heavy atom. The van der Waals surface area contributed by atoms with Crippen LogP contribution in [0.4, 0.5) is 4.39 Å². The molecular formula is C26H31FO7. The van der Waals surface area contributed by atoms with Crippen molar-refractivity contribution in [2.75, 3.05) is 26.4 Å². The first kappa shape index (κ1) is 25.7. The number of aliphatic hydroxyl groups is 3. The van der Waals surface area contributed by atoms with Crippen molar-refractivity contribution >= 4 is 12.0 Å². The van der Waals surface area contributed by atoms with Crippen LogP contribution in [-0.4, -0.2) is 59.9 Å². The lowest BCUT2D eigenvalue weighted by Gasteiger charge is -2.25. The van der Waals surface area contributed by atoms with Gasteiger partial charge in [0.15, 0.2) is 11.5 Å². The highest BCUT2D eigenvalue weighted by molar-refractivity contribution is 5.85. The third-order valence-corrected chi connectivity index (χ3v) is 5.43. The number of aliphatic hydroxyl groups excluding tert-OH is 3. The van der Waals surface area contributed by atoms with E-state index in [0.29, 0.717) is 22.6 Å². The molecule has 1 saturated heterocycles. The Labute approximate surface area is 198 Å². The zero-order valence-corrected chi connectivity index (χ0v) is 19.4. The normalized spacial score (nSPS) is 18.4. The topological polar surface area (TPSA) is 105 Å². The predicted molar refractivity (Wildman–Crippen MR) is 125 cm³/mol. The van der Waals surface area contributed by atoms with Crippen LogP contribution < -0.4 is 9.47 Å². The van der Waals surface area contributed by atoms with Crippen molar-refractivity contribution in [3.05, 3.63) is 53.4 Å². The molecule has 0 aromatic heterocycles. The predicted octanol–water partition coefficient (Wildman–Crippen LogP) is 3.44. The minimum atomic E-state index is -0.769. The van der Waals surface area contributed by atoms with E-state index in [-0.39, 0.29) is 45.2 Å². The fraction of sp³-hybridized carbons (Fsp3) is 0.423. The summed E-state index contributed by atoms with van der Waals surface area (Å²) in [5.41, 5.74) is 2.92. The van der Waals surface area contributed by atoms with Crippen LogP contribution in [0.2, 0.25) is 0 Å². The minimum absolute atomic E-state index is 0.000287. The first-order chi connectivity index (χ1) is 16.3. The van der Waals surface area contributed by atoms with E-state index < -0.39 is 24.0 Å². The molecule has 0 unspecified atom stereocenters. The number of esters is 1. The Balaban J connectivity index is 2.22. The summed E-state index contributed by atoms with van der Waals surface area (Å²) in [6.07, 6.45) is 2.43. The van der Waals surface area contributed by atoms with Crippen molar-refractivity contribution in [1.29, 1.82) is 0 Å². The summed E-state index contributed by atoms with van der Waals surface area (Å²) in [5, 5.41) is 28.6. The van der Waals surface area contributed by atoms with Gasteiger partial charge in [0.2, 0.25) is 0 Å². The summed E-state index contributed by atoms with van der Waals surface area (Å²) >= 11 is 0. The molecule has 3 rings (SSSR count). The van der Waals surface area contributed by atoms with E-state index in [0.717, 1.165) is 11.1 Å². The van der Waals surface area contributed by atoms with Crippen LogP contribution in [0.25, 0.3) is 17.2 Å². The third-order valence-electron chi connectivity index (χ3n) is 5.43. The van der Waals surface area contributed by atoms with Gasteiger partial charge in [-0.15, -0.1) is 0 Å². The fourth-order valence-corrected chi connectivity index (χ4v) is 3.92. The van der Waals surface area contributed by atoms with Crippen molar-refractivity contribution in [3.63, 3.8) is 0 Å². The lowest BCUT2D eigenvalue weighted by molar-refractivity contribution is -0.156. The van der Waals surface area contributed by atoms with E-state index in [1.165, 1.54) is 12.1 Å². The van der Waals surface area contributed by atoms with E-state index >= 15 is 0 Å². The number of carbonyl (C=O) groups is 1. The molecule has 184 valence electrons. The number of rotatable bonds is 10. The average Bonchev–Trinajstić information content (AvgIpc) is 2.79. The second-order valence-corrected chi connectivity index (χ2v) is 8.37. The van der Waals surface area contributed by atoms with Gasteiger partial charge < -0.3 is 29.5 Å². The first-order valence-electron chi connectivity index (χ1n) is 11.3. The van der Waals surface area contributed by atoms with Crippen molar-refractivity contribution in [2.24, 2.45) is 0 Å². The molecule has 2 atom stereocenters. The highest BCUT2D eigenvalue weighted by Crippen LogP contribution is 2.45. The molecule has 0 aliphatic carbocycles. The van der Waals surface area contributed by atoms with Gasteiger partial charge in [0.05, 0.1) is 25.7 Å². The number of hydrogen-bond acceptors (Lipinski definition) is 7. The molecule has 1 heterocycles. The van der Waals surface area contributed by atoms with Crippen LogP contribution >= 0.6 is 0 Å². The van der Waals surface area contributed by atoms with Gasteiger partial charge in [-0.2, -0.15) is 0 Å². The Hall–Kier alpha value is -2.94. The summed E-state index contributed by atoms with van der Waals surface area (Å²) in [6, 6.07) is 7.75. The summed E-state index contributed by atoms with van der Waals surface area (Å²) in [7, 11) is 0. The van der Waals surface area contributed by atoms with Gasteiger partial charge in [-0.25, -0.2) is 4.39 Å². The number of ether oxygens (including phenoxy) is 3. The molecule has 1 fully saturated rings. The van der Waals surface area contributed by atoms with Gasteiger partial charge in [0.25, 0.3) is 0 Å². The molecule has 2 aromatic carbocycles. The van der Waals surface area contributed by atoms with Gasteiger partial charge in [0.1, 0.15) is 25.1 Å². The second-order valence-electron chi connectivity index (χ2n) is 8.37. The molecule has 0 spiro atoms. The maximum atomic E-state index is 13.7. The van der Waals surface area contributed by atoms with Crippen LogP contribution in [0.3, 0.4) is 0 Å². The Kier molecular flexibility index (Phi) is 9.04. The van der Waals surface area contributed by atoms with Crippen LogP contribution in [0.15, 0.2) is 36.4 Å². The number of hydrogen-bond donors (Lipinski definition) is 3.